The number of hydrogen-bond acceptors (Lipinski definition) is 6. The van der Waals surface area contributed by atoms with Crippen molar-refractivity contribution < 1.29 is 9.53 Å². The molecule has 1 aliphatic heterocycles. The van der Waals surface area contributed by atoms with E-state index in [0.29, 0.717) is 33.6 Å². The minimum Gasteiger partial charge on any atom is -0.497 e. The number of aliphatic imine (C=N–C) groups is 1. The number of nitrogens with zero attached hydrogens (tertiary/aromatic N) is 4. The number of carbonyl (C=O) groups excluding carboxylic acids is 1. The molecule has 0 saturated carbocycles. The molecule has 8 nitrogen and oxygen atoms in total. The second kappa shape index (κ2) is 9.43. The van der Waals surface area contributed by atoms with Gasteiger partial charge in [0.05, 0.1) is 18.4 Å². The molecule has 0 saturated heterocycles. The van der Waals surface area contributed by atoms with Crippen LogP contribution in [0.5, 0.6) is 5.75 Å². The van der Waals surface area contributed by atoms with Crippen LogP contribution in [0.3, 0.4) is 0 Å². The Hall–Kier alpha value is -3.44. The number of benzene rings is 2. The van der Waals surface area contributed by atoms with Crippen molar-refractivity contribution in [3.63, 3.8) is 0 Å². The molecule has 0 aliphatic carbocycles. The first-order chi connectivity index (χ1) is 16.5. The number of alkyl halides is 1. The highest BCUT2D eigenvalue weighted by atomic mass is 127. The van der Waals surface area contributed by atoms with Crippen LogP contribution in [0.1, 0.15) is 25.7 Å². The van der Waals surface area contributed by atoms with Gasteiger partial charge in [0.2, 0.25) is 0 Å². The number of aromatic amines is 1. The van der Waals surface area contributed by atoms with E-state index in [-0.39, 0.29) is 9.96 Å². The topological polar surface area (TPSA) is 95.5 Å². The summed E-state index contributed by atoms with van der Waals surface area (Å²) in [7, 11) is 1.61. The Bertz CT molecular complexity index is 1390. The molecule has 3 heterocycles. The van der Waals surface area contributed by atoms with Gasteiger partial charge in [0.15, 0.2) is 5.84 Å². The number of hydrogen-bond donors (Lipinski definition) is 2. The number of H-pyrrole nitrogens is 1. The normalized spacial score (nSPS) is 14.9. The van der Waals surface area contributed by atoms with Gasteiger partial charge in [-0.1, -0.05) is 35.9 Å². The van der Waals surface area contributed by atoms with Crippen LogP contribution in [0.4, 0.5) is 5.69 Å². The van der Waals surface area contributed by atoms with Crippen molar-refractivity contribution in [1.82, 2.24) is 25.6 Å². The zero-order valence-corrected chi connectivity index (χ0v) is 20.8. The number of aromatic nitrogens is 3. The van der Waals surface area contributed by atoms with Crippen LogP contribution in [0, 0.1) is 0 Å². The van der Waals surface area contributed by atoms with E-state index in [9.17, 15) is 4.79 Å². The lowest BCUT2D eigenvalue weighted by molar-refractivity contribution is 0.0864. The highest BCUT2D eigenvalue weighted by Crippen LogP contribution is 2.43. The Labute approximate surface area is 214 Å². The van der Waals surface area contributed by atoms with E-state index in [1.54, 1.807) is 30.4 Å². The number of amidine groups is 1. The summed E-state index contributed by atoms with van der Waals surface area (Å²) in [5.74, 6) is 0.924. The summed E-state index contributed by atoms with van der Waals surface area (Å²) in [6, 6.07) is 18.4. The molecule has 10 heteroatoms. The van der Waals surface area contributed by atoms with Gasteiger partial charge in [0.1, 0.15) is 21.2 Å². The molecule has 1 atom stereocenters. The van der Waals surface area contributed by atoms with Crippen LogP contribution in [0.15, 0.2) is 78.0 Å². The first-order valence-corrected chi connectivity index (χ1v) is 11.9. The predicted octanol–water partition coefficient (Wildman–Crippen LogP) is 5.31. The van der Waals surface area contributed by atoms with Gasteiger partial charge in [-0.15, -0.1) is 0 Å². The van der Waals surface area contributed by atoms with Crippen molar-refractivity contribution in [3.05, 3.63) is 94.9 Å². The lowest BCUT2D eigenvalue weighted by Crippen LogP contribution is -2.48. The van der Waals surface area contributed by atoms with E-state index in [1.807, 2.05) is 48.5 Å². The van der Waals surface area contributed by atoms with E-state index in [0.717, 1.165) is 16.8 Å². The average Bonchev–Trinajstić information content (AvgIpc) is 3.30. The molecule has 1 aliphatic rings. The van der Waals surface area contributed by atoms with Crippen molar-refractivity contribution in [3.8, 4) is 17.0 Å². The van der Waals surface area contributed by atoms with Crippen LogP contribution < -0.4 is 10.2 Å². The fraction of sp³-hybridized carbons (Fsp3) is 0.0833. The van der Waals surface area contributed by atoms with E-state index in [4.69, 9.17) is 21.3 Å². The summed E-state index contributed by atoms with van der Waals surface area (Å²) in [5, 5.41) is 9.94. The van der Waals surface area contributed by atoms with E-state index < -0.39 is 0 Å². The maximum Gasteiger partial charge on any atom is 0.271 e. The van der Waals surface area contributed by atoms with Crippen molar-refractivity contribution >= 4 is 51.6 Å². The summed E-state index contributed by atoms with van der Waals surface area (Å²) in [6.45, 7) is 0. The molecular formula is C24H18ClIN6O2. The van der Waals surface area contributed by atoms with E-state index >= 15 is 0 Å². The maximum atomic E-state index is 13.0. The number of methoxy groups -OCH3 is 1. The molecule has 0 spiro atoms. The Morgan fingerprint density at radius 1 is 1.15 bits per heavy atom. The summed E-state index contributed by atoms with van der Waals surface area (Å²) in [6.07, 6.45) is 3.14. The molecule has 0 fully saturated rings. The molecule has 1 amide bonds. The predicted molar refractivity (Wildman–Crippen MR) is 139 cm³/mol. The first-order valence-electron chi connectivity index (χ1n) is 10.3. The number of hydrazine groups is 1. The van der Waals surface area contributed by atoms with Gasteiger partial charge in [-0.2, -0.15) is 5.10 Å². The number of rotatable bonds is 5. The Morgan fingerprint density at radius 3 is 2.74 bits per heavy atom. The van der Waals surface area contributed by atoms with Crippen molar-refractivity contribution in [2.24, 2.45) is 4.99 Å². The van der Waals surface area contributed by atoms with Crippen LogP contribution in [0.2, 0.25) is 5.02 Å². The zero-order chi connectivity index (χ0) is 23.7. The molecule has 170 valence electrons. The fourth-order valence-corrected chi connectivity index (χ4v) is 4.64. The number of nitrogens with one attached hydrogen (secondary N) is 2. The van der Waals surface area contributed by atoms with Crippen LogP contribution in [-0.4, -0.2) is 39.0 Å². The average molecular weight is 585 g/mol. The van der Waals surface area contributed by atoms with E-state index in [1.165, 1.54) is 6.20 Å². The number of ether oxygens (including phenoxy) is 1. The summed E-state index contributed by atoms with van der Waals surface area (Å²) < 4.78 is 5.09. The molecule has 1 unspecified atom stereocenters. The first kappa shape index (κ1) is 22.4. The fourth-order valence-electron chi connectivity index (χ4n) is 3.61. The maximum absolute atomic E-state index is 13.0. The Balaban J connectivity index is 1.62. The molecule has 4 aromatic rings. The molecule has 0 bridgehead atoms. The third-order valence-electron chi connectivity index (χ3n) is 5.25. The van der Waals surface area contributed by atoms with E-state index in [2.05, 4.69) is 43.2 Å². The van der Waals surface area contributed by atoms with Crippen molar-refractivity contribution in [1.29, 1.82) is 0 Å². The van der Waals surface area contributed by atoms with Crippen LogP contribution in [-0.2, 0) is 0 Å². The monoisotopic (exact) mass is 584 g/mol. The van der Waals surface area contributed by atoms with Gasteiger partial charge in [-0.25, -0.2) is 10.0 Å². The highest BCUT2D eigenvalue weighted by molar-refractivity contribution is 14.1. The van der Waals surface area contributed by atoms with Crippen molar-refractivity contribution in [2.75, 3.05) is 7.11 Å². The SMILES string of the molecule is COc1cccc(C2=Nc3c(-c4cccc(Cl)c4)n[nH]c3C(I)N2NC(=O)c2cccnc2)c1. The van der Waals surface area contributed by atoms with Crippen LogP contribution >= 0.6 is 34.2 Å². The number of fused-ring (bicyclic) bond motifs is 1. The third kappa shape index (κ3) is 4.24. The van der Waals surface area contributed by atoms with Crippen molar-refractivity contribution in [2.45, 2.75) is 4.05 Å². The third-order valence-corrected chi connectivity index (χ3v) is 6.67. The second-order valence-corrected chi connectivity index (χ2v) is 9.02. The van der Waals surface area contributed by atoms with Gasteiger partial charge in [0.25, 0.3) is 5.91 Å². The van der Waals surface area contributed by atoms with Gasteiger partial charge in [-0.3, -0.25) is 20.3 Å². The van der Waals surface area contributed by atoms with Gasteiger partial charge in [-0.05, 0) is 59.0 Å². The molecule has 5 rings (SSSR count). The second-order valence-electron chi connectivity index (χ2n) is 7.40. The smallest absolute Gasteiger partial charge is 0.271 e. The molecular weight excluding hydrogens is 567 g/mol. The molecule has 34 heavy (non-hydrogen) atoms. The standard InChI is InChI=1S/C24H18ClIN6O2/c1-34-18-9-3-6-15(12-18)23-28-20-19(14-5-2-8-17(25)11-14)29-30-21(20)22(26)32(23)31-24(33)16-7-4-10-27-13-16/h2-13,22H,1H3,(H,29,30)(H,31,33). The van der Waals surface area contributed by atoms with Gasteiger partial charge in [0, 0.05) is 28.5 Å². The minimum absolute atomic E-state index is 0.302. The Kier molecular flexibility index (Phi) is 6.20. The lowest BCUT2D eigenvalue weighted by atomic mass is 10.1. The number of amides is 1. The van der Waals surface area contributed by atoms with Gasteiger partial charge < -0.3 is 4.74 Å². The molecule has 2 aromatic carbocycles. The number of halogens is 2. The summed E-state index contributed by atoms with van der Waals surface area (Å²) >= 11 is 8.47. The zero-order valence-electron chi connectivity index (χ0n) is 17.9. The van der Waals surface area contributed by atoms with Crippen LogP contribution in [0.25, 0.3) is 11.3 Å². The number of pyridine rings is 1. The molecule has 0 radical (unpaired) electrons. The largest absolute Gasteiger partial charge is 0.497 e. The number of carbonyl (C=O) groups is 1. The highest BCUT2D eigenvalue weighted by Gasteiger charge is 2.34. The quantitative estimate of drug-likeness (QED) is 0.188. The lowest BCUT2D eigenvalue weighted by Gasteiger charge is -2.33. The molecule has 2 N–H and O–H groups in total. The summed E-state index contributed by atoms with van der Waals surface area (Å²) in [4.78, 5) is 22.0. The molecule has 2 aromatic heterocycles. The van der Waals surface area contributed by atoms with Gasteiger partial charge >= 0.3 is 0 Å². The minimum atomic E-state index is -0.327. The Morgan fingerprint density at radius 2 is 1.97 bits per heavy atom. The summed E-state index contributed by atoms with van der Waals surface area (Å²) in [5.41, 5.74) is 7.15.